The van der Waals surface area contributed by atoms with Gasteiger partial charge in [-0.05, 0) is 25.2 Å². The van der Waals surface area contributed by atoms with Crippen LogP contribution >= 0.6 is 0 Å². The van der Waals surface area contributed by atoms with Gasteiger partial charge in [-0.25, -0.2) is 0 Å². The van der Waals surface area contributed by atoms with Gasteiger partial charge in [0.05, 0.1) is 5.92 Å². The van der Waals surface area contributed by atoms with E-state index in [-0.39, 0.29) is 24.8 Å². The van der Waals surface area contributed by atoms with Crippen LogP contribution in [0.5, 0.6) is 0 Å². The van der Waals surface area contributed by atoms with Crippen molar-refractivity contribution in [2.45, 2.75) is 38.4 Å². The molecule has 1 rings (SSSR count). The zero-order chi connectivity index (χ0) is 9.35. The van der Waals surface area contributed by atoms with Crippen LogP contribution in [0.4, 0.5) is 13.2 Å². The number of hydrogen-bond donors (Lipinski definition) is 1. The molecule has 0 aromatic rings. The molecule has 0 saturated heterocycles. The predicted molar refractivity (Wildman–Crippen MR) is 40.5 cm³/mol. The van der Waals surface area contributed by atoms with Crippen LogP contribution in [-0.2, 0) is 0 Å². The fraction of sp³-hybridized carbons (Fsp3) is 1.00. The van der Waals surface area contributed by atoms with Crippen molar-refractivity contribution in [3.63, 3.8) is 0 Å². The number of halogens is 3. The summed E-state index contributed by atoms with van der Waals surface area (Å²) in [6, 6.07) is -0.264. The highest BCUT2D eigenvalue weighted by Crippen LogP contribution is 2.39. The third kappa shape index (κ3) is 2.37. The normalized spacial score (nSPS) is 38.2. The Labute approximate surface area is 70.1 Å². The molecule has 0 amide bonds. The first-order chi connectivity index (χ1) is 5.39. The third-order valence-corrected chi connectivity index (χ3v) is 2.44. The first-order valence-corrected chi connectivity index (χ1v) is 4.22. The molecule has 0 bridgehead atoms. The summed E-state index contributed by atoms with van der Waals surface area (Å²) in [6.45, 7) is 1.83. The van der Waals surface area contributed by atoms with Crippen LogP contribution in [0.25, 0.3) is 0 Å². The Morgan fingerprint density at radius 1 is 1.17 bits per heavy atom. The van der Waals surface area contributed by atoms with Crippen molar-refractivity contribution < 1.29 is 13.2 Å². The smallest absolute Gasteiger partial charge is 0.328 e. The van der Waals surface area contributed by atoms with Gasteiger partial charge in [0.15, 0.2) is 0 Å². The minimum absolute atomic E-state index is 0.105. The van der Waals surface area contributed by atoms with Crippen LogP contribution in [0.3, 0.4) is 0 Å². The van der Waals surface area contributed by atoms with E-state index in [1.807, 2.05) is 6.92 Å². The van der Waals surface area contributed by atoms with E-state index in [9.17, 15) is 13.2 Å². The Morgan fingerprint density at radius 3 is 2.17 bits per heavy atom. The summed E-state index contributed by atoms with van der Waals surface area (Å²) in [5.74, 6) is -1.06. The molecule has 2 N–H and O–H groups in total. The fourth-order valence-corrected chi connectivity index (χ4v) is 1.92. The quantitative estimate of drug-likeness (QED) is 0.609. The maximum atomic E-state index is 12.2. The molecule has 0 radical (unpaired) electrons. The fourth-order valence-electron chi connectivity index (χ4n) is 1.92. The first kappa shape index (κ1) is 9.84. The molecule has 0 spiro atoms. The predicted octanol–water partition coefficient (Wildman–Crippen LogP) is 2.31. The van der Waals surface area contributed by atoms with Crippen LogP contribution in [0.15, 0.2) is 0 Å². The van der Waals surface area contributed by atoms with E-state index in [1.165, 1.54) is 0 Å². The molecule has 1 aliphatic carbocycles. The maximum absolute atomic E-state index is 12.2. The maximum Gasteiger partial charge on any atom is 0.391 e. The molecular formula is C8H14F3N. The molecule has 0 aliphatic heterocycles. The summed E-state index contributed by atoms with van der Waals surface area (Å²) in [5.41, 5.74) is 5.51. The highest BCUT2D eigenvalue weighted by Gasteiger charge is 2.43. The Balaban J connectivity index is 2.55. The molecule has 4 heteroatoms. The van der Waals surface area contributed by atoms with E-state index in [0.29, 0.717) is 0 Å². The molecule has 1 fully saturated rings. The Bertz CT molecular complexity index is 145. The molecule has 72 valence electrons. The van der Waals surface area contributed by atoms with Crippen molar-refractivity contribution >= 4 is 0 Å². The van der Waals surface area contributed by atoms with Crippen LogP contribution in [0.1, 0.15) is 26.2 Å². The van der Waals surface area contributed by atoms with Crippen molar-refractivity contribution in [1.29, 1.82) is 0 Å². The Morgan fingerprint density at radius 2 is 1.75 bits per heavy atom. The van der Waals surface area contributed by atoms with Crippen molar-refractivity contribution in [2.75, 3.05) is 0 Å². The zero-order valence-corrected chi connectivity index (χ0v) is 7.06. The van der Waals surface area contributed by atoms with E-state index in [1.54, 1.807) is 0 Å². The van der Waals surface area contributed by atoms with Crippen LogP contribution in [0.2, 0.25) is 0 Å². The first-order valence-electron chi connectivity index (χ1n) is 4.22. The van der Waals surface area contributed by atoms with Gasteiger partial charge in [0.1, 0.15) is 0 Å². The highest BCUT2D eigenvalue weighted by molar-refractivity contribution is 4.82. The van der Waals surface area contributed by atoms with Gasteiger partial charge in [-0.1, -0.05) is 6.92 Å². The van der Waals surface area contributed by atoms with E-state index in [0.717, 1.165) is 6.42 Å². The van der Waals surface area contributed by atoms with Gasteiger partial charge in [-0.2, -0.15) is 13.2 Å². The van der Waals surface area contributed by atoms with Gasteiger partial charge in [0.25, 0.3) is 0 Å². The zero-order valence-electron chi connectivity index (χ0n) is 7.06. The second kappa shape index (κ2) is 3.24. The molecule has 3 atom stereocenters. The van der Waals surface area contributed by atoms with Gasteiger partial charge in [0, 0.05) is 6.04 Å². The SMILES string of the molecule is CC1CC(N)CC(C(F)(F)F)C1. The molecule has 0 aromatic carbocycles. The lowest BCUT2D eigenvalue weighted by atomic mass is 9.79. The minimum Gasteiger partial charge on any atom is -0.328 e. The largest absolute Gasteiger partial charge is 0.391 e. The van der Waals surface area contributed by atoms with Crippen LogP contribution in [0, 0.1) is 11.8 Å². The van der Waals surface area contributed by atoms with E-state index in [2.05, 4.69) is 0 Å². The number of alkyl halides is 3. The summed E-state index contributed by atoms with van der Waals surface area (Å²) < 4.78 is 36.7. The van der Waals surface area contributed by atoms with Crippen LogP contribution in [-0.4, -0.2) is 12.2 Å². The second-order valence-electron chi connectivity index (χ2n) is 3.81. The molecule has 3 unspecified atom stereocenters. The standard InChI is InChI=1S/C8H14F3N/c1-5-2-6(8(9,10)11)4-7(12)3-5/h5-7H,2-4,12H2,1H3. The summed E-state index contributed by atoms with van der Waals surface area (Å²) in [5, 5.41) is 0. The van der Waals surface area contributed by atoms with Crippen molar-refractivity contribution in [3.05, 3.63) is 0 Å². The summed E-state index contributed by atoms with van der Waals surface area (Å²) >= 11 is 0. The summed E-state index contributed by atoms with van der Waals surface area (Å²) in [4.78, 5) is 0. The molecule has 1 nitrogen and oxygen atoms in total. The molecule has 12 heavy (non-hydrogen) atoms. The third-order valence-electron chi connectivity index (χ3n) is 2.44. The van der Waals surface area contributed by atoms with Crippen molar-refractivity contribution in [3.8, 4) is 0 Å². The summed E-state index contributed by atoms with van der Waals surface area (Å²) in [7, 11) is 0. The Hall–Kier alpha value is -0.250. The lowest BCUT2D eigenvalue weighted by molar-refractivity contribution is -0.186. The van der Waals surface area contributed by atoms with Crippen molar-refractivity contribution in [1.82, 2.24) is 0 Å². The molecule has 1 saturated carbocycles. The topological polar surface area (TPSA) is 26.0 Å². The van der Waals surface area contributed by atoms with Gasteiger partial charge in [-0.15, -0.1) is 0 Å². The number of nitrogens with two attached hydrogens (primary N) is 1. The van der Waals surface area contributed by atoms with Gasteiger partial charge in [0.2, 0.25) is 0 Å². The average molecular weight is 181 g/mol. The summed E-state index contributed by atoms with van der Waals surface area (Å²) in [6.07, 6.45) is -2.97. The van der Waals surface area contributed by atoms with Crippen molar-refractivity contribution in [2.24, 2.45) is 17.6 Å². The van der Waals surface area contributed by atoms with E-state index in [4.69, 9.17) is 5.73 Å². The monoisotopic (exact) mass is 181 g/mol. The minimum atomic E-state index is -4.05. The van der Waals surface area contributed by atoms with Gasteiger partial charge >= 0.3 is 6.18 Å². The van der Waals surface area contributed by atoms with Gasteiger partial charge in [-0.3, -0.25) is 0 Å². The molecular weight excluding hydrogens is 167 g/mol. The van der Waals surface area contributed by atoms with E-state index >= 15 is 0 Å². The van der Waals surface area contributed by atoms with E-state index < -0.39 is 12.1 Å². The number of rotatable bonds is 0. The number of hydrogen-bond acceptors (Lipinski definition) is 1. The Kier molecular flexibility index (Phi) is 2.66. The molecule has 0 aromatic heterocycles. The van der Waals surface area contributed by atoms with Crippen LogP contribution < -0.4 is 5.73 Å². The molecule has 1 aliphatic rings. The highest BCUT2D eigenvalue weighted by atomic mass is 19.4. The lowest BCUT2D eigenvalue weighted by Gasteiger charge is -2.32. The van der Waals surface area contributed by atoms with Gasteiger partial charge < -0.3 is 5.73 Å². The molecule has 0 heterocycles. The average Bonchev–Trinajstić information content (AvgIpc) is 1.82. The lowest BCUT2D eigenvalue weighted by Crippen LogP contribution is -2.38. The second-order valence-corrected chi connectivity index (χ2v) is 3.81.